The molecule has 22 atom stereocenters. The molecule has 0 aromatic carbocycles. The van der Waals surface area contributed by atoms with Crippen molar-refractivity contribution in [3.05, 3.63) is 165 Å². The van der Waals surface area contributed by atoms with E-state index in [0.29, 0.717) is 38.0 Å². The molecule has 6 aliphatic carbocycles. The molecule has 10 fully saturated rings. The number of carbonyl (C=O) groups is 13. The number of Topliss-reactive ketones (excluding diaryl/α,β-unsaturated/α-hetero) is 3. The van der Waals surface area contributed by atoms with E-state index in [1.54, 1.807) is 14.2 Å². The summed E-state index contributed by atoms with van der Waals surface area (Å²) >= 11 is 0. The number of carbonyl (C=O) groups excluding carboxylic acids is 13. The van der Waals surface area contributed by atoms with E-state index in [0.717, 1.165) is 100 Å². The highest BCUT2D eigenvalue weighted by Gasteiger charge is 2.62. The first kappa shape index (κ1) is 117. The number of ether oxygens (including phenoxy) is 9. The molecule has 13 rings (SSSR count). The standard InChI is InChI=1S/C20H29NO5.2C20H30O4.C19H28O3.C18H24O5.C18H22O4/c1-12(2)6-5-7-13(3)8-18-20(11-19(25)26-18)10-16(23)15(9-17(20)24)21-14(4)22;2*1-13(2)7-6-8-14(3)9-18-20(12-19(22)24-18)11-15(4)16(23-5)10-17(20)21;1-13(2)6-5-7-14(3)10-17-19(12-18(21)22-17)11-15(4)8-9-16(19)20;1-11(4-7-14-17(2,3)23-14)8-15-18(10-16(21)22-15)9-12(19)5-6-13(18)20;1-12(2)5-4-6-13(3)9-16-18(11-17(21)22-16)10-14(19)7-8-15(18)20/h6,8,15-16,18,23H,5,7,9-11H2,1-4H3,(H,21,22);2*7,9,15-16,18H,6,8,10-12H2,1-5H3;6,8-10,15-17,20H,5,7,11-12H2,1-4H3;5-6,8,12,14-15,19H,4,7,9-10H2,1-3H3;5,7-9,16H,4,6,10-11H2,1-3H3/b13-8+;2*14-9+;14-10+;11-8+;13-9+/t15-,16+,18-,20?;15-,16+,18+,20?;15-,16-,18+,20?;15-,16-,17-,19?;12-,14?,15-,18?;16-,18?/m100111/s1. The number of epoxide rings is 1. The van der Waals surface area contributed by atoms with Gasteiger partial charge in [-0.3, -0.25) is 62.3 Å². The van der Waals surface area contributed by atoms with Crippen LogP contribution in [0.15, 0.2) is 165 Å². The predicted molar refractivity (Wildman–Crippen MR) is 539 cm³/mol. The zero-order valence-corrected chi connectivity index (χ0v) is 88.5. The van der Waals surface area contributed by atoms with Crippen LogP contribution in [-0.2, 0) is 105 Å². The van der Waals surface area contributed by atoms with Crippen LogP contribution in [0.3, 0.4) is 0 Å². The van der Waals surface area contributed by atoms with Gasteiger partial charge in [0.25, 0.3) is 0 Å². The van der Waals surface area contributed by atoms with Crippen molar-refractivity contribution < 1.29 is 120 Å². The SMILES string of the molecule is C/C(=C\[C@H]1OC(=O)CC12C[C@H](O)C=CC2=O)CCC1OC1(C)C.CC(=O)N[C@@H]1CC(=O)C2(CC(=O)O[C@@H]2/C=C(\C)CCC=C(C)C)C[C@@H]1O.CC(C)=CCC/C(C)=C/[C@H]1OC(=O)CC12CC(=O)C=CC2=O.CC(C)=CCC/C(C)=C/[C@H]1OC(=O)CC12C[C@H](C)C=C[C@H]2O.CO[C@@H]1CC(=O)C2(CC(=O)O[C@@H]2/C=C(\C)CCC=C(C)C)C[C@@H]1C.CO[C@H]1CC(=O)C2(CC(=O)O[C@@H]2/C=C(\C)CCC=C(C)C)C[C@@H]1C. The molecular weight excluding hydrogens is 1800 g/mol. The minimum absolute atomic E-state index is 0.00959. The van der Waals surface area contributed by atoms with Crippen LogP contribution in [0.5, 0.6) is 0 Å². The second-order valence-corrected chi connectivity index (χ2v) is 44.2. The lowest BCUT2D eigenvalue weighted by atomic mass is 9.64. The Labute approximate surface area is 837 Å². The number of cyclic esters (lactones) is 6. The Balaban J connectivity index is 0.000000207. The van der Waals surface area contributed by atoms with Gasteiger partial charge in [0.05, 0.1) is 119 Å². The molecule has 7 saturated heterocycles. The molecule has 0 radical (unpaired) electrons. The first-order valence-electron chi connectivity index (χ1n) is 50.8. The van der Waals surface area contributed by atoms with Crippen LogP contribution >= 0.6 is 0 Å². The van der Waals surface area contributed by atoms with Crippen molar-refractivity contribution >= 4 is 76.4 Å². The molecule has 0 bridgehead atoms. The molecule has 0 aromatic heterocycles. The molecule has 13 aliphatic rings. The molecule has 7 unspecified atom stereocenters. The summed E-state index contributed by atoms with van der Waals surface area (Å²) < 4.78 is 49.2. The highest BCUT2D eigenvalue weighted by molar-refractivity contribution is 6.10. The number of ketones is 6. The number of hydrogen-bond donors (Lipinski definition) is 4. The summed E-state index contributed by atoms with van der Waals surface area (Å²) in [6.45, 7) is 44.6. The number of esters is 6. The van der Waals surface area contributed by atoms with Crippen molar-refractivity contribution in [2.75, 3.05) is 14.2 Å². The maximum atomic E-state index is 12.9. The zero-order chi connectivity index (χ0) is 105. The predicted octanol–water partition coefficient (Wildman–Crippen LogP) is 19.3. The van der Waals surface area contributed by atoms with E-state index in [2.05, 4.69) is 125 Å². The molecule has 778 valence electrons. The zero-order valence-electron chi connectivity index (χ0n) is 88.5. The summed E-state index contributed by atoms with van der Waals surface area (Å²) in [5.41, 5.74) is 8.27. The maximum absolute atomic E-state index is 12.9. The van der Waals surface area contributed by atoms with Crippen LogP contribution in [0, 0.1) is 50.2 Å². The van der Waals surface area contributed by atoms with Gasteiger partial charge in [-0.05, 0) is 306 Å². The highest BCUT2D eigenvalue weighted by atomic mass is 16.6. The quantitative estimate of drug-likeness (QED) is 0.0257. The number of nitrogens with one attached hydrogen (secondary N) is 1. The molecule has 0 aromatic rings. The van der Waals surface area contributed by atoms with Gasteiger partial charge in [-0.15, -0.1) is 0 Å². The lowest BCUT2D eigenvalue weighted by Gasteiger charge is -2.40. The third-order valence-electron chi connectivity index (χ3n) is 30.0. The second-order valence-electron chi connectivity index (χ2n) is 44.2. The van der Waals surface area contributed by atoms with E-state index in [1.165, 1.54) is 75.8 Å². The van der Waals surface area contributed by atoms with E-state index < -0.39 is 99.3 Å². The minimum atomic E-state index is -1.03. The summed E-state index contributed by atoms with van der Waals surface area (Å²) in [6, 6.07) is -0.607. The third-order valence-corrected chi connectivity index (χ3v) is 30.0. The Morgan fingerprint density at radius 1 is 0.383 bits per heavy atom. The molecule has 4 N–H and O–H groups in total. The second kappa shape index (κ2) is 51.3. The van der Waals surface area contributed by atoms with Crippen molar-refractivity contribution in [3.63, 3.8) is 0 Å². The molecule has 6 spiro atoms. The summed E-state index contributed by atoms with van der Waals surface area (Å²) in [5, 5.41) is 33.4. The number of allylic oxidation sites excluding steroid dienone is 20. The monoisotopic (exact) mass is 1960 g/mol. The lowest BCUT2D eigenvalue weighted by molar-refractivity contribution is -0.144. The van der Waals surface area contributed by atoms with Crippen molar-refractivity contribution in [2.45, 2.75) is 411 Å². The van der Waals surface area contributed by atoms with Gasteiger partial charge in [0.2, 0.25) is 5.91 Å². The topological polar surface area (TPSA) is 381 Å². The van der Waals surface area contributed by atoms with Gasteiger partial charge < -0.3 is 63.3 Å². The molecule has 3 saturated carbocycles. The van der Waals surface area contributed by atoms with Gasteiger partial charge in [0.1, 0.15) is 54.0 Å². The highest BCUT2D eigenvalue weighted by Crippen LogP contribution is 2.54. The Bertz CT molecular complexity index is 4940. The van der Waals surface area contributed by atoms with Gasteiger partial charge in [-0.2, -0.15) is 0 Å². The maximum Gasteiger partial charge on any atom is 0.307 e. The molecule has 141 heavy (non-hydrogen) atoms. The van der Waals surface area contributed by atoms with Crippen LogP contribution in [0.1, 0.15) is 326 Å². The van der Waals surface area contributed by atoms with Gasteiger partial charge in [-0.1, -0.05) is 131 Å². The minimum Gasteiger partial charge on any atom is -0.457 e. The molecular formula is C115H163NO25. The lowest BCUT2D eigenvalue weighted by Crippen LogP contribution is -2.55. The van der Waals surface area contributed by atoms with E-state index in [4.69, 9.17) is 42.6 Å². The van der Waals surface area contributed by atoms with Gasteiger partial charge >= 0.3 is 35.8 Å². The summed E-state index contributed by atoms with van der Waals surface area (Å²) in [5.74, 6) is -1.72. The van der Waals surface area contributed by atoms with Crippen molar-refractivity contribution in [1.82, 2.24) is 5.32 Å². The smallest absolute Gasteiger partial charge is 0.307 e. The molecule has 7 heterocycles. The van der Waals surface area contributed by atoms with Gasteiger partial charge in [0, 0.05) is 46.8 Å². The number of methoxy groups -OCH3 is 2. The van der Waals surface area contributed by atoms with Crippen molar-refractivity contribution in [1.29, 1.82) is 0 Å². The number of aliphatic hydroxyl groups is 3. The van der Waals surface area contributed by atoms with E-state index >= 15 is 0 Å². The summed E-state index contributed by atoms with van der Waals surface area (Å²) in [6.07, 6.45) is 41.7. The normalized spacial score (nSPS) is 33.5. The Morgan fingerprint density at radius 2 is 0.709 bits per heavy atom. The molecule has 26 nitrogen and oxygen atoms in total. The number of amides is 1. The molecule has 1 amide bonds. The number of rotatable bonds is 27. The third kappa shape index (κ3) is 31.5. The summed E-state index contributed by atoms with van der Waals surface area (Å²) in [4.78, 5) is 157. The fourth-order valence-electron chi connectivity index (χ4n) is 21.8. The van der Waals surface area contributed by atoms with Crippen molar-refractivity contribution in [2.24, 2.45) is 50.2 Å². The Kier molecular flexibility index (Phi) is 42.4. The van der Waals surface area contributed by atoms with Crippen LogP contribution in [-0.4, -0.2) is 191 Å². The first-order valence-corrected chi connectivity index (χ1v) is 50.8. The molecule has 26 heteroatoms. The van der Waals surface area contributed by atoms with E-state index in [-0.39, 0.29) is 164 Å². The number of hydrogen-bond acceptors (Lipinski definition) is 25. The summed E-state index contributed by atoms with van der Waals surface area (Å²) in [7, 11) is 3.29. The van der Waals surface area contributed by atoms with E-state index in [9.17, 15) is 77.6 Å². The van der Waals surface area contributed by atoms with Gasteiger partial charge in [0.15, 0.2) is 17.3 Å². The van der Waals surface area contributed by atoms with Crippen LogP contribution in [0.4, 0.5) is 0 Å². The Morgan fingerprint density at radius 3 is 1.09 bits per heavy atom. The fraction of sp³-hybridized carbons (Fsp3) is 0.643. The fourth-order valence-corrected chi connectivity index (χ4v) is 21.8. The van der Waals surface area contributed by atoms with Gasteiger partial charge in [-0.25, -0.2) is 0 Å². The average Bonchev–Trinajstić information content (AvgIpc) is 1.41. The largest absolute Gasteiger partial charge is 0.457 e. The van der Waals surface area contributed by atoms with Crippen LogP contribution in [0.2, 0.25) is 0 Å². The average molecular weight is 1960 g/mol. The van der Waals surface area contributed by atoms with Crippen LogP contribution < -0.4 is 5.32 Å². The van der Waals surface area contributed by atoms with E-state index in [1.807, 2.05) is 105 Å². The Hall–Kier alpha value is -9.57. The number of aliphatic hydroxyl groups excluding tert-OH is 3. The van der Waals surface area contributed by atoms with Crippen LogP contribution in [0.25, 0.3) is 0 Å². The van der Waals surface area contributed by atoms with Crippen molar-refractivity contribution in [3.8, 4) is 0 Å². The molecule has 7 aliphatic heterocycles. The first-order chi connectivity index (χ1) is 66.1.